The van der Waals surface area contributed by atoms with Crippen molar-refractivity contribution in [1.82, 2.24) is 14.2 Å². The second-order valence-corrected chi connectivity index (χ2v) is 8.13. The molecular formula is C15H23N3O3S. The lowest BCUT2D eigenvalue weighted by atomic mass is 9.92. The predicted octanol–water partition coefficient (Wildman–Crippen LogP) is 0.564. The highest BCUT2D eigenvalue weighted by molar-refractivity contribution is 7.88. The smallest absolute Gasteiger partial charge is 0.211 e. The van der Waals surface area contributed by atoms with Crippen LogP contribution in [0, 0.1) is 5.92 Å². The average molecular weight is 325 g/mol. The summed E-state index contributed by atoms with van der Waals surface area (Å²) in [5.74, 6) is 0.400. The van der Waals surface area contributed by atoms with Crippen molar-refractivity contribution in [3.63, 3.8) is 0 Å². The number of rotatable bonds is 3. The number of aromatic nitrogens is 1. The number of sulfonamides is 1. The number of nitrogens with zero attached hydrogens (tertiary/aromatic N) is 3. The molecule has 0 amide bonds. The predicted molar refractivity (Wildman–Crippen MR) is 83.8 cm³/mol. The summed E-state index contributed by atoms with van der Waals surface area (Å²) in [7, 11) is -3.13. The maximum absolute atomic E-state index is 11.9. The Labute approximate surface area is 132 Å². The molecule has 0 unspecified atom stereocenters. The van der Waals surface area contributed by atoms with Crippen LogP contribution in [0.4, 0.5) is 0 Å². The topological polar surface area (TPSA) is 62.7 Å². The van der Waals surface area contributed by atoms with E-state index >= 15 is 0 Å². The fraction of sp³-hybridized carbons (Fsp3) is 0.667. The summed E-state index contributed by atoms with van der Waals surface area (Å²) in [5, 5.41) is 0. The van der Waals surface area contributed by atoms with Gasteiger partial charge in [0.1, 0.15) is 0 Å². The van der Waals surface area contributed by atoms with Gasteiger partial charge in [-0.2, -0.15) is 0 Å². The van der Waals surface area contributed by atoms with E-state index in [0.29, 0.717) is 25.6 Å². The molecule has 2 aliphatic rings. The molecule has 0 saturated carbocycles. The zero-order valence-electron chi connectivity index (χ0n) is 12.9. The molecule has 2 aliphatic heterocycles. The highest BCUT2D eigenvalue weighted by Gasteiger charge is 2.37. The van der Waals surface area contributed by atoms with Gasteiger partial charge in [-0.3, -0.25) is 9.88 Å². The molecule has 122 valence electrons. The van der Waals surface area contributed by atoms with E-state index in [0.717, 1.165) is 31.7 Å². The molecule has 2 fully saturated rings. The minimum Gasteiger partial charge on any atom is -0.380 e. The largest absolute Gasteiger partial charge is 0.380 e. The maximum Gasteiger partial charge on any atom is 0.211 e. The average Bonchev–Trinajstić information content (AvgIpc) is 2.69. The third-order valence-electron chi connectivity index (χ3n) is 4.59. The van der Waals surface area contributed by atoms with Crippen LogP contribution >= 0.6 is 0 Å². The van der Waals surface area contributed by atoms with E-state index in [1.54, 1.807) is 10.5 Å². The van der Waals surface area contributed by atoms with Gasteiger partial charge in [0.15, 0.2) is 0 Å². The van der Waals surface area contributed by atoms with Crippen molar-refractivity contribution < 1.29 is 13.2 Å². The number of hydrogen-bond acceptors (Lipinski definition) is 5. The Morgan fingerprint density at radius 1 is 1.41 bits per heavy atom. The van der Waals surface area contributed by atoms with Crippen molar-refractivity contribution in [1.29, 1.82) is 0 Å². The third kappa shape index (κ3) is 3.65. The van der Waals surface area contributed by atoms with Crippen LogP contribution in [0.2, 0.25) is 0 Å². The Morgan fingerprint density at radius 2 is 2.27 bits per heavy atom. The third-order valence-corrected chi connectivity index (χ3v) is 5.86. The second kappa shape index (κ2) is 6.62. The minimum atomic E-state index is -3.13. The van der Waals surface area contributed by atoms with Crippen LogP contribution in [-0.4, -0.2) is 67.8 Å². The first kappa shape index (κ1) is 15.9. The Hall–Kier alpha value is -1.02. The molecule has 22 heavy (non-hydrogen) atoms. The van der Waals surface area contributed by atoms with Gasteiger partial charge in [0, 0.05) is 50.5 Å². The molecule has 0 aromatic carbocycles. The number of pyridine rings is 1. The molecular weight excluding hydrogens is 302 g/mol. The van der Waals surface area contributed by atoms with Crippen LogP contribution in [0.3, 0.4) is 0 Å². The number of ether oxygens (including phenoxy) is 1. The molecule has 1 aromatic heterocycles. The lowest BCUT2D eigenvalue weighted by Crippen LogP contribution is -2.53. The van der Waals surface area contributed by atoms with E-state index < -0.39 is 10.0 Å². The highest BCUT2D eigenvalue weighted by atomic mass is 32.2. The lowest BCUT2D eigenvalue weighted by Gasteiger charge is -2.41. The van der Waals surface area contributed by atoms with Crippen molar-refractivity contribution in [3.05, 3.63) is 30.1 Å². The summed E-state index contributed by atoms with van der Waals surface area (Å²) in [4.78, 5) is 6.52. The summed E-state index contributed by atoms with van der Waals surface area (Å²) < 4.78 is 31.1. The molecule has 6 nitrogen and oxygen atoms in total. The summed E-state index contributed by atoms with van der Waals surface area (Å²) >= 11 is 0. The molecule has 2 atom stereocenters. The fourth-order valence-corrected chi connectivity index (χ4v) is 4.23. The maximum atomic E-state index is 11.9. The molecule has 2 saturated heterocycles. The van der Waals surface area contributed by atoms with Crippen LogP contribution in [0.25, 0.3) is 0 Å². The number of fused-ring (bicyclic) bond motifs is 1. The molecule has 0 spiro atoms. The van der Waals surface area contributed by atoms with Gasteiger partial charge in [-0.1, -0.05) is 6.07 Å². The van der Waals surface area contributed by atoms with E-state index in [4.69, 9.17) is 4.74 Å². The van der Waals surface area contributed by atoms with Gasteiger partial charge >= 0.3 is 0 Å². The highest BCUT2D eigenvalue weighted by Crippen LogP contribution is 2.27. The zero-order chi connectivity index (χ0) is 15.6. The standard InChI is InChI=1S/C15H23N3O3S/c1-22(19,20)18-6-4-14-12-21-8-7-17(15(14)11-18)10-13-3-2-5-16-9-13/h2-3,5,9,14-15H,4,6-8,10-12H2,1H3/t14-,15-/m1/s1. The first-order valence-electron chi connectivity index (χ1n) is 7.70. The molecule has 0 N–H and O–H groups in total. The monoisotopic (exact) mass is 325 g/mol. The number of piperidine rings is 1. The molecule has 3 rings (SSSR count). The molecule has 1 aromatic rings. The van der Waals surface area contributed by atoms with Crippen LogP contribution in [0.5, 0.6) is 0 Å². The van der Waals surface area contributed by atoms with Crippen molar-refractivity contribution in [2.24, 2.45) is 5.92 Å². The van der Waals surface area contributed by atoms with E-state index in [1.807, 2.05) is 12.3 Å². The van der Waals surface area contributed by atoms with Crippen molar-refractivity contribution in [2.45, 2.75) is 19.0 Å². The number of hydrogen-bond donors (Lipinski definition) is 0. The first-order valence-corrected chi connectivity index (χ1v) is 9.54. The van der Waals surface area contributed by atoms with E-state index in [2.05, 4.69) is 16.0 Å². The molecule has 3 heterocycles. The van der Waals surface area contributed by atoms with Gasteiger partial charge < -0.3 is 4.74 Å². The van der Waals surface area contributed by atoms with Gasteiger partial charge in [0.25, 0.3) is 0 Å². The lowest BCUT2D eigenvalue weighted by molar-refractivity contribution is 0.0768. The van der Waals surface area contributed by atoms with E-state index in [9.17, 15) is 8.42 Å². The van der Waals surface area contributed by atoms with Crippen LogP contribution in [0.1, 0.15) is 12.0 Å². The van der Waals surface area contributed by atoms with Crippen LogP contribution in [-0.2, 0) is 21.3 Å². The molecule has 7 heteroatoms. The second-order valence-electron chi connectivity index (χ2n) is 6.14. The van der Waals surface area contributed by atoms with Gasteiger partial charge in [-0.15, -0.1) is 0 Å². The van der Waals surface area contributed by atoms with Gasteiger partial charge in [0.05, 0.1) is 19.5 Å². The molecule has 0 bridgehead atoms. The Balaban J connectivity index is 1.78. The quantitative estimate of drug-likeness (QED) is 0.813. The van der Waals surface area contributed by atoms with Crippen molar-refractivity contribution in [2.75, 3.05) is 39.1 Å². The Morgan fingerprint density at radius 3 is 3.00 bits per heavy atom. The first-order chi connectivity index (χ1) is 10.5. The SMILES string of the molecule is CS(=O)(=O)N1CC[C@@H]2COCCN(Cc3cccnc3)[C@@H]2C1. The Kier molecular flexibility index (Phi) is 4.77. The zero-order valence-corrected chi connectivity index (χ0v) is 13.7. The minimum absolute atomic E-state index is 0.214. The summed E-state index contributed by atoms with van der Waals surface area (Å²) in [5.41, 5.74) is 1.15. The van der Waals surface area contributed by atoms with Crippen LogP contribution in [0.15, 0.2) is 24.5 Å². The Bertz CT molecular complexity index is 593. The fourth-order valence-electron chi connectivity index (χ4n) is 3.37. The van der Waals surface area contributed by atoms with Crippen molar-refractivity contribution in [3.8, 4) is 0 Å². The normalized spacial score (nSPS) is 28.0. The molecule has 0 aliphatic carbocycles. The van der Waals surface area contributed by atoms with Gasteiger partial charge in [0.2, 0.25) is 10.0 Å². The molecule has 0 radical (unpaired) electrons. The van der Waals surface area contributed by atoms with Gasteiger partial charge in [-0.25, -0.2) is 12.7 Å². The van der Waals surface area contributed by atoms with E-state index in [1.165, 1.54) is 6.26 Å². The van der Waals surface area contributed by atoms with Crippen molar-refractivity contribution >= 4 is 10.0 Å². The van der Waals surface area contributed by atoms with Gasteiger partial charge in [-0.05, 0) is 18.1 Å². The summed E-state index contributed by atoms with van der Waals surface area (Å²) in [6, 6.07) is 4.21. The van der Waals surface area contributed by atoms with E-state index in [-0.39, 0.29) is 6.04 Å². The van der Waals surface area contributed by atoms with Crippen LogP contribution < -0.4 is 0 Å². The summed E-state index contributed by atoms with van der Waals surface area (Å²) in [6.07, 6.45) is 5.80. The summed E-state index contributed by atoms with van der Waals surface area (Å²) in [6.45, 7) is 4.21.